The Morgan fingerprint density at radius 1 is 1.67 bits per heavy atom. The van der Waals surface area contributed by atoms with Crippen molar-refractivity contribution in [2.75, 3.05) is 0 Å². The molecule has 0 aromatic rings. The Labute approximate surface area is 73.7 Å². The van der Waals surface area contributed by atoms with Gasteiger partial charge in [-0.25, -0.2) is 8.78 Å². The van der Waals surface area contributed by atoms with Crippen molar-refractivity contribution < 1.29 is 13.6 Å². The van der Waals surface area contributed by atoms with Crippen LogP contribution in [0.5, 0.6) is 0 Å². The predicted octanol–water partition coefficient (Wildman–Crippen LogP) is 2.05. The average molecular weight is 191 g/mol. The third kappa shape index (κ3) is 1.73. The second-order valence-electron chi connectivity index (χ2n) is 2.75. The van der Waals surface area contributed by atoms with E-state index < -0.39 is 17.7 Å². The van der Waals surface area contributed by atoms with Crippen LogP contribution in [0.25, 0.3) is 0 Å². The van der Waals surface area contributed by atoms with E-state index >= 15 is 0 Å². The van der Waals surface area contributed by atoms with Crippen LogP contribution in [0.4, 0.5) is 8.78 Å². The van der Waals surface area contributed by atoms with Crippen molar-refractivity contribution in [3.63, 3.8) is 0 Å². The molecule has 1 aliphatic carbocycles. The first-order valence-electron chi connectivity index (χ1n) is 3.57. The molecular formula is C7H7F2NOS. The van der Waals surface area contributed by atoms with E-state index in [2.05, 4.69) is 17.2 Å². The Hall–Kier alpha value is -0.670. The lowest BCUT2D eigenvalue weighted by molar-refractivity contribution is -0.132. The third-order valence-corrected chi connectivity index (χ3v) is 2.06. The molecule has 0 heterocycles. The number of carbonyl (C=O) groups excluding carboxylic acids is 1. The number of halogens is 2. The van der Waals surface area contributed by atoms with Crippen molar-refractivity contribution in [1.29, 1.82) is 0 Å². The van der Waals surface area contributed by atoms with Gasteiger partial charge in [-0.3, -0.25) is 4.79 Å². The fourth-order valence-electron chi connectivity index (χ4n) is 1.35. The molecule has 5 heteroatoms. The number of carbonyl (C=O) groups is 1. The van der Waals surface area contributed by atoms with Crippen LogP contribution in [0.2, 0.25) is 0 Å². The zero-order valence-corrected chi connectivity index (χ0v) is 7.03. The summed E-state index contributed by atoms with van der Waals surface area (Å²) in [4.78, 5) is 13.9. The molecule has 12 heavy (non-hydrogen) atoms. The fourth-order valence-corrected chi connectivity index (χ4v) is 1.44. The number of thiocarbonyl (C=S) groups is 1. The second kappa shape index (κ2) is 3.37. The molecule has 0 aliphatic heterocycles. The minimum absolute atomic E-state index is 0.201. The highest BCUT2D eigenvalue weighted by Gasteiger charge is 2.47. The van der Waals surface area contributed by atoms with Gasteiger partial charge in [0.2, 0.25) is 0 Å². The molecule has 1 unspecified atom stereocenters. The van der Waals surface area contributed by atoms with Crippen LogP contribution < -0.4 is 0 Å². The lowest BCUT2D eigenvalue weighted by atomic mass is 10.1. The summed E-state index contributed by atoms with van der Waals surface area (Å²) in [6.07, 6.45) is 0.346. The average Bonchev–Trinajstić information content (AvgIpc) is 2.30. The molecule has 1 aliphatic rings. The molecule has 0 aromatic carbocycles. The molecular weight excluding hydrogens is 184 g/mol. The van der Waals surface area contributed by atoms with Crippen LogP contribution in [0.3, 0.4) is 0 Å². The molecule has 1 atom stereocenters. The molecule has 0 saturated heterocycles. The molecule has 1 saturated carbocycles. The van der Waals surface area contributed by atoms with Gasteiger partial charge < -0.3 is 0 Å². The number of rotatable bonds is 1. The summed E-state index contributed by atoms with van der Waals surface area (Å²) in [5.41, 5.74) is 0. The summed E-state index contributed by atoms with van der Waals surface area (Å²) >= 11 is 4.16. The van der Waals surface area contributed by atoms with Crippen LogP contribution >= 0.6 is 12.2 Å². The molecule has 1 fully saturated rings. The first-order valence-corrected chi connectivity index (χ1v) is 3.98. The van der Waals surface area contributed by atoms with E-state index in [1.54, 1.807) is 0 Å². The van der Waals surface area contributed by atoms with E-state index in [1.165, 1.54) is 0 Å². The Kier molecular flexibility index (Phi) is 2.65. The number of aliphatic imine (C=N–C) groups is 1. The highest BCUT2D eigenvalue weighted by molar-refractivity contribution is 7.78. The van der Waals surface area contributed by atoms with Gasteiger partial charge in [-0.2, -0.15) is 4.99 Å². The van der Waals surface area contributed by atoms with E-state index in [-0.39, 0.29) is 12.8 Å². The lowest BCUT2D eigenvalue weighted by Crippen LogP contribution is -2.27. The topological polar surface area (TPSA) is 29.4 Å². The highest BCUT2D eigenvalue weighted by Crippen LogP contribution is 2.40. The maximum Gasteiger partial charge on any atom is 0.263 e. The van der Waals surface area contributed by atoms with E-state index in [9.17, 15) is 13.6 Å². The summed E-state index contributed by atoms with van der Waals surface area (Å²) in [6, 6.07) is 0. The minimum Gasteiger partial charge on any atom is -0.271 e. The summed E-state index contributed by atoms with van der Waals surface area (Å²) in [5, 5.41) is 1.81. The van der Waals surface area contributed by atoms with Crippen molar-refractivity contribution in [3.05, 3.63) is 0 Å². The minimum atomic E-state index is -2.90. The van der Waals surface area contributed by atoms with Gasteiger partial charge in [0.25, 0.3) is 11.8 Å². The maximum atomic E-state index is 12.8. The summed E-state index contributed by atoms with van der Waals surface area (Å²) in [6.45, 7) is 0. The molecule has 0 N–H and O–H groups in total. The quantitative estimate of drug-likeness (QED) is 0.469. The van der Waals surface area contributed by atoms with Gasteiger partial charge in [-0.05, 0) is 25.1 Å². The van der Waals surface area contributed by atoms with Gasteiger partial charge >= 0.3 is 0 Å². The van der Waals surface area contributed by atoms with Crippen LogP contribution in [0.15, 0.2) is 4.99 Å². The van der Waals surface area contributed by atoms with Gasteiger partial charge in [-0.1, -0.05) is 0 Å². The second-order valence-corrected chi connectivity index (χ2v) is 2.93. The largest absolute Gasteiger partial charge is 0.271 e. The van der Waals surface area contributed by atoms with Crippen LogP contribution in [-0.2, 0) is 4.79 Å². The van der Waals surface area contributed by atoms with Crippen molar-refractivity contribution >= 4 is 23.3 Å². The fraction of sp³-hybridized carbons (Fsp3) is 0.714. The normalized spacial score (nSPS) is 26.3. The first kappa shape index (κ1) is 9.42. The first-order chi connectivity index (χ1) is 5.58. The zero-order chi connectivity index (χ0) is 9.19. The van der Waals surface area contributed by atoms with Gasteiger partial charge in [0.15, 0.2) is 0 Å². The molecule has 66 valence electrons. The third-order valence-electron chi connectivity index (χ3n) is 1.97. The van der Waals surface area contributed by atoms with Gasteiger partial charge in [0.1, 0.15) is 5.92 Å². The van der Waals surface area contributed by atoms with Crippen molar-refractivity contribution in [1.82, 2.24) is 0 Å². The number of amides is 1. The maximum absolute atomic E-state index is 12.8. The number of alkyl halides is 2. The molecule has 1 rings (SSSR count). The van der Waals surface area contributed by atoms with Crippen LogP contribution in [-0.4, -0.2) is 17.0 Å². The van der Waals surface area contributed by atoms with Crippen molar-refractivity contribution in [3.8, 4) is 0 Å². The number of hydrogen-bond donors (Lipinski definition) is 0. The standard InChI is InChI=1S/C7H7F2NOS/c8-7(9)3-1-2-5(7)6(11)10-4-12/h5H,1-3H2. The Morgan fingerprint density at radius 2 is 2.33 bits per heavy atom. The monoisotopic (exact) mass is 191 g/mol. The molecule has 0 bridgehead atoms. The highest BCUT2D eigenvalue weighted by atomic mass is 32.1. The lowest BCUT2D eigenvalue weighted by Gasteiger charge is -2.13. The Morgan fingerprint density at radius 3 is 2.75 bits per heavy atom. The van der Waals surface area contributed by atoms with Gasteiger partial charge in [-0.15, -0.1) is 0 Å². The predicted molar refractivity (Wildman–Crippen MR) is 42.3 cm³/mol. The van der Waals surface area contributed by atoms with Crippen molar-refractivity contribution in [2.24, 2.45) is 10.9 Å². The van der Waals surface area contributed by atoms with E-state index in [0.29, 0.717) is 6.42 Å². The molecule has 0 aromatic heterocycles. The zero-order valence-electron chi connectivity index (χ0n) is 6.22. The Bertz CT molecular complexity index is 248. The van der Waals surface area contributed by atoms with Crippen LogP contribution in [0.1, 0.15) is 19.3 Å². The summed E-state index contributed by atoms with van der Waals surface area (Å²) in [5.74, 6) is -5.01. The van der Waals surface area contributed by atoms with Gasteiger partial charge in [0.05, 0.1) is 5.16 Å². The molecule has 1 amide bonds. The number of isothiocyanates is 1. The number of nitrogens with zero attached hydrogens (tertiary/aromatic N) is 1. The molecule has 0 radical (unpaired) electrons. The van der Waals surface area contributed by atoms with Gasteiger partial charge in [0, 0.05) is 6.42 Å². The van der Waals surface area contributed by atoms with E-state index in [0.717, 1.165) is 0 Å². The van der Waals surface area contributed by atoms with E-state index in [1.807, 2.05) is 5.16 Å². The SMILES string of the molecule is O=C(N=C=S)C1CCCC1(F)F. The van der Waals surface area contributed by atoms with E-state index in [4.69, 9.17) is 0 Å². The molecule has 0 spiro atoms. The van der Waals surface area contributed by atoms with Crippen molar-refractivity contribution in [2.45, 2.75) is 25.2 Å². The smallest absolute Gasteiger partial charge is 0.263 e. The molecule has 2 nitrogen and oxygen atoms in total. The summed E-state index contributed by atoms with van der Waals surface area (Å²) < 4.78 is 25.7. The Balaban J connectivity index is 2.75. The summed E-state index contributed by atoms with van der Waals surface area (Å²) in [7, 11) is 0. The van der Waals surface area contributed by atoms with Crippen LogP contribution in [0, 0.1) is 5.92 Å². The number of hydrogen-bond acceptors (Lipinski definition) is 2.